The summed E-state index contributed by atoms with van der Waals surface area (Å²) in [4.78, 5) is 140. The average Bonchev–Trinajstić information content (AvgIpc) is 3.29. The summed E-state index contributed by atoms with van der Waals surface area (Å²) in [5, 5.41) is 67.0. The van der Waals surface area contributed by atoms with Crippen molar-refractivity contribution in [2.75, 3.05) is 26.2 Å². The zero-order valence-electron chi connectivity index (χ0n) is 37.6. The number of carboxylic acids is 3. The minimum Gasteiger partial charge on any atom is -0.508 e. The van der Waals surface area contributed by atoms with Gasteiger partial charge in [-0.2, -0.15) is 0 Å². The molecule has 0 saturated carbocycles. The molecular formula is C43H60N10O16. The number of benzene rings is 2. The molecule has 0 aromatic heterocycles. The fourth-order valence-electron chi connectivity index (χ4n) is 6.30. The monoisotopic (exact) mass is 972 g/mol. The van der Waals surface area contributed by atoms with Crippen LogP contribution in [0.3, 0.4) is 0 Å². The molecule has 0 bridgehead atoms. The molecule has 2 rings (SSSR count). The molecule has 8 amide bonds. The number of phenolic OH excluding ortho intramolecular Hbond substituents is 1. The summed E-state index contributed by atoms with van der Waals surface area (Å²) in [6.45, 7) is -0.419. The molecule has 0 aliphatic carbocycles. The molecule has 0 aliphatic heterocycles. The lowest BCUT2D eigenvalue weighted by molar-refractivity contribution is -0.144. The number of aliphatic hydroxyl groups excluding tert-OH is 1. The Balaban J connectivity index is 2.27. The second kappa shape index (κ2) is 29.8. The fraction of sp³-hybridized carbons (Fsp3) is 0.465. The first-order chi connectivity index (χ1) is 32.6. The zero-order chi connectivity index (χ0) is 51.6. The Labute approximate surface area is 395 Å². The third kappa shape index (κ3) is 22.1. The van der Waals surface area contributed by atoms with Gasteiger partial charge in [0.15, 0.2) is 0 Å². The second-order valence-corrected chi connectivity index (χ2v) is 15.6. The number of aromatic hydroxyl groups is 1. The highest BCUT2D eigenvalue weighted by Gasteiger charge is 2.34. The van der Waals surface area contributed by atoms with Crippen molar-refractivity contribution in [1.29, 1.82) is 0 Å². The number of nitrogens with two attached hydrogens (primary N) is 2. The Hall–Kier alpha value is -7.71. The standard InChI is InChI=1S/C43H60N10O16/c1-23(54)37(53-39(64)27(9-5-6-16-44)48-33(57)21-46-32(56)20-45)42(67)47-22-34(58)49-28(14-15-35(59)60)38(63)50-29(17-24-7-3-2-4-8-24)40(65)51-30(19-36(61)62)41(66)52-31(43(68)69)18-25-10-12-26(55)13-11-25/h2-4,7-8,10-13,23,27-31,37,54-55H,5-6,9,14-22,44-45H2,1H3,(H,46,56)(H,47,67)(H,48,57)(H,49,58)(H,50,63)(H,51,65)(H,52,66)(H,53,64)(H,59,60)(H,61,62)(H,68,69)/t23-,27+,28+,29+,30+,31+,37+/m1/s1. The van der Waals surface area contributed by atoms with E-state index in [4.69, 9.17) is 11.5 Å². The Kier molecular flexibility index (Phi) is 24.8. The van der Waals surface area contributed by atoms with Crippen LogP contribution in [0.2, 0.25) is 0 Å². The number of rotatable bonds is 31. The number of unbranched alkanes of at least 4 members (excludes halogenated alkanes) is 1. The number of aliphatic hydroxyl groups is 1. The second-order valence-electron chi connectivity index (χ2n) is 15.6. The number of nitrogens with one attached hydrogen (secondary N) is 8. The van der Waals surface area contributed by atoms with Gasteiger partial charge in [-0.15, -0.1) is 0 Å². The van der Waals surface area contributed by atoms with E-state index >= 15 is 0 Å². The lowest BCUT2D eigenvalue weighted by Gasteiger charge is -2.26. The van der Waals surface area contributed by atoms with Crippen molar-refractivity contribution >= 4 is 65.2 Å². The first-order valence-corrected chi connectivity index (χ1v) is 21.5. The Morgan fingerprint density at radius 3 is 1.59 bits per heavy atom. The van der Waals surface area contributed by atoms with Crippen LogP contribution in [-0.2, 0) is 65.6 Å². The summed E-state index contributed by atoms with van der Waals surface area (Å²) < 4.78 is 0. The van der Waals surface area contributed by atoms with Gasteiger partial charge in [0.05, 0.1) is 32.2 Å². The number of amides is 8. The molecule has 2 aromatic rings. The van der Waals surface area contributed by atoms with Crippen molar-refractivity contribution in [2.45, 2.75) is 101 Å². The van der Waals surface area contributed by atoms with Crippen molar-refractivity contribution in [3.05, 3.63) is 65.7 Å². The third-order valence-corrected chi connectivity index (χ3v) is 9.93. The smallest absolute Gasteiger partial charge is 0.326 e. The molecule has 0 unspecified atom stereocenters. The highest BCUT2D eigenvalue weighted by Crippen LogP contribution is 2.13. The Morgan fingerprint density at radius 1 is 0.536 bits per heavy atom. The molecule has 7 atom stereocenters. The van der Waals surface area contributed by atoms with Gasteiger partial charge in [-0.05, 0) is 62.4 Å². The van der Waals surface area contributed by atoms with E-state index in [1.54, 1.807) is 30.3 Å². The first kappa shape index (κ1) is 57.4. The molecule has 0 heterocycles. The molecule has 26 nitrogen and oxygen atoms in total. The number of aliphatic carboxylic acids is 3. The predicted octanol–water partition coefficient (Wildman–Crippen LogP) is -4.79. The molecule has 0 fully saturated rings. The van der Waals surface area contributed by atoms with Gasteiger partial charge in [-0.1, -0.05) is 42.5 Å². The van der Waals surface area contributed by atoms with Crippen LogP contribution in [-0.4, -0.2) is 159 Å². The number of hydrogen-bond donors (Lipinski definition) is 15. The maximum absolute atomic E-state index is 13.9. The van der Waals surface area contributed by atoms with Crippen LogP contribution in [0.25, 0.3) is 0 Å². The molecular weight excluding hydrogens is 913 g/mol. The number of carboxylic acid groups (broad SMARTS) is 3. The van der Waals surface area contributed by atoms with Gasteiger partial charge in [0.1, 0.15) is 42.0 Å². The summed E-state index contributed by atoms with van der Waals surface area (Å²) >= 11 is 0. The highest BCUT2D eigenvalue weighted by molar-refractivity contribution is 5.98. The van der Waals surface area contributed by atoms with Crippen LogP contribution in [0.15, 0.2) is 54.6 Å². The number of carbonyl (C=O) groups excluding carboxylic acids is 8. The first-order valence-electron chi connectivity index (χ1n) is 21.5. The van der Waals surface area contributed by atoms with Crippen LogP contribution in [0.4, 0.5) is 0 Å². The van der Waals surface area contributed by atoms with Crippen molar-refractivity contribution in [2.24, 2.45) is 11.5 Å². The molecule has 0 aliphatic rings. The topological polar surface area (TPSA) is 437 Å². The average molecular weight is 973 g/mol. The SMILES string of the molecule is C[C@@H](O)[C@H](NC(=O)[C@H](CCCCN)NC(=O)CNC(=O)CN)C(=O)NCC(=O)N[C@@H](CCC(=O)O)C(=O)N[C@@H](Cc1ccccc1)C(=O)N[C@@H](CC(=O)O)C(=O)N[C@@H](Cc1ccc(O)cc1)C(=O)O. The normalized spacial score (nSPS) is 13.8. The molecule has 0 radical (unpaired) electrons. The summed E-state index contributed by atoms with van der Waals surface area (Å²) in [6.07, 6.45) is -3.64. The predicted molar refractivity (Wildman–Crippen MR) is 240 cm³/mol. The van der Waals surface area contributed by atoms with Crippen LogP contribution < -0.4 is 54.0 Å². The van der Waals surface area contributed by atoms with Crippen LogP contribution in [0.1, 0.15) is 56.6 Å². The van der Waals surface area contributed by atoms with Crippen molar-refractivity contribution < 1.29 is 78.3 Å². The maximum atomic E-state index is 13.9. The van der Waals surface area contributed by atoms with Crippen LogP contribution >= 0.6 is 0 Å². The van der Waals surface area contributed by atoms with E-state index in [2.05, 4.69) is 42.5 Å². The third-order valence-electron chi connectivity index (χ3n) is 9.93. The molecule has 0 spiro atoms. The summed E-state index contributed by atoms with van der Waals surface area (Å²) in [6, 6.07) is 3.50. The van der Waals surface area contributed by atoms with Gasteiger partial charge >= 0.3 is 17.9 Å². The van der Waals surface area contributed by atoms with Gasteiger partial charge in [0.2, 0.25) is 47.3 Å². The minimum absolute atomic E-state index is 0.0400. The number of carbonyl (C=O) groups is 11. The Morgan fingerprint density at radius 2 is 1.04 bits per heavy atom. The molecule has 26 heteroatoms. The van der Waals surface area contributed by atoms with E-state index in [0.29, 0.717) is 24.0 Å². The molecule has 0 saturated heterocycles. The van der Waals surface area contributed by atoms with Gasteiger partial charge in [-0.25, -0.2) is 4.79 Å². The fourth-order valence-corrected chi connectivity index (χ4v) is 6.30. The lowest BCUT2D eigenvalue weighted by Crippen LogP contribution is -2.59. The maximum Gasteiger partial charge on any atom is 0.326 e. The molecule has 69 heavy (non-hydrogen) atoms. The number of phenols is 1. The summed E-state index contributed by atoms with van der Waals surface area (Å²) in [5.41, 5.74) is 11.6. The summed E-state index contributed by atoms with van der Waals surface area (Å²) in [5.74, 6) is -12.6. The van der Waals surface area contributed by atoms with E-state index in [9.17, 15) is 78.3 Å². The molecule has 17 N–H and O–H groups in total. The van der Waals surface area contributed by atoms with Crippen molar-refractivity contribution in [3.8, 4) is 5.75 Å². The number of hydrogen-bond acceptors (Lipinski definition) is 15. The van der Waals surface area contributed by atoms with Gasteiger partial charge in [0.25, 0.3) is 0 Å². The minimum atomic E-state index is -1.90. The van der Waals surface area contributed by atoms with E-state index in [-0.39, 0.29) is 31.6 Å². The molecule has 2 aromatic carbocycles. The molecule has 378 valence electrons. The van der Waals surface area contributed by atoms with E-state index in [0.717, 1.165) is 6.92 Å². The van der Waals surface area contributed by atoms with E-state index in [1.165, 1.54) is 24.3 Å². The van der Waals surface area contributed by atoms with Crippen LogP contribution in [0.5, 0.6) is 5.75 Å². The quantitative estimate of drug-likeness (QED) is 0.0315. The van der Waals surface area contributed by atoms with Gasteiger partial charge in [-0.3, -0.25) is 47.9 Å². The summed E-state index contributed by atoms with van der Waals surface area (Å²) in [7, 11) is 0. The highest BCUT2D eigenvalue weighted by atomic mass is 16.4. The van der Waals surface area contributed by atoms with Gasteiger partial charge < -0.3 is 79.5 Å². The zero-order valence-corrected chi connectivity index (χ0v) is 37.6. The van der Waals surface area contributed by atoms with Crippen LogP contribution in [0, 0.1) is 0 Å². The van der Waals surface area contributed by atoms with Crippen molar-refractivity contribution in [1.82, 2.24) is 42.5 Å². The van der Waals surface area contributed by atoms with Gasteiger partial charge in [0, 0.05) is 19.3 Å². The van der Waals surface area contributed by atoms with E-state index in [1.807, 2.05) is 0 Å². The Bertz CT molecular complexity index is 2110. The lowest BCUT2D eigenvalue weighted by atomic mass is 10.0. The van der Waals surface area contributed by atoms with E-state index < -0.39 is 146 Å². The van der Waals surface area contributed by atoms with Crippen molar-refractivity contribution in [3.63, 3.8) is 0 Å². The largest absolute Gasteiger partial charge is 0.508 e.